The number of ether oxygens (including phenoxy) is 1. The Balaban J connectivity index is 2.03. The number of aliphatic hydroxyl groups excluding tert-OH is 1. The number of hydrogen-bond acceptors (Lipinski definition) is 6. The van der Waals surface area contributed by atoms with E-state index in [-0.39, 0.29) is 42.8 Å². The van der Waals surface area contributed by atoms with Gasteiger partial charge in [-0.1, -0.05) is 74.5 Å². The van der Waals surface area contributed by atoms with Gasteiger partial charge in [-0.3, -0.25) is 14.4 Å². The number of aliphatic hydroxyl groups is 1. The van der Waals surface area contributed by atoms with Gasteiger partial charge in [0.2, 0.25) is 5.91 Å². The van der Waals surface area contributed by atoms with Crippen LogP contribution in [0.25, 0.3) is 0 Å². The monoisotopic (exact) mass is 509 g/mol. The minimum absolute atomic E-state index is 0.0463. The van der Waals surface area contributed by atoms with E-state index >= 15 is 0 Å². The summed E-state index contributed by atoms with van der Waals surface area (Å²) >= 11 is 0. The van der Waals surface area contributed by atoms with Crippen molar-refractivity contribution >= 4 is 23.4 Å². The van der Waals surface area contributed by atoms with Crippen molar-refractivity contribution in [2.24, 2.45) is 17.8 Å². The van der Waals surface area contributed by atoms with Crippen molar-refractivity contribution in [3.8, 4) is 0 Å². The first-order valence-electron chi connectivity index (χ1n) is 12.9. The van der Waals surface area contributed by atoms with E-state index in [0.29, 0.717) is 19.3 Å². The number of esters is 1. The zero-order chi connectivity index (χ0) is 27.2. The standard InChI is InChI=1S/C30H39NO6/c1-21(2)16-27(28(34)18-26(19-32)30(36)37-20-24-12-8-5-9-13-24)31-29(35)25(17-22(3)33)15-14-23-10-6-4-7-11-23/h4-13,21,25-27,32H,14-20H2,1-3H3,(H,31,35)/t25-,26+,27+/m1/s1. The smallest absolute Gasteiger partial charge is 0.312 e. The highest BCUT2D eigenvalue weighted by atomic mass is 16.5. The normalized spacial score (nSPS) is 13.4. The van der Waals surface area contributed by atoms with Gasteiger partial charge in [0.15, 0.2) is 5.78 Å². The van der Waals surface area contributed by atoms with Crippen LogP contribution in [-0.2, 0) is 36.9 Å². The van der Waals surface area contributed by atoms with Crippen molar-refractivity contribution in [3.63, 3.8) is 0 Å². The first-order chi connectivity index (χ1) is 17.7. The van der Waals surface area contributed by atoms with Crippen molar-refractivity contribution in [2.75, 3.05) is 6.61 Å². The number of Topliss-reactive ketones (excluding diaryl/α,β-unsaturated/α-hetero) is 2. The van der Waals surface area contributed by atoms with Crippen molar-refractivity contribution in [3.05, 3.63) is 71.8 Å². The summed E-state index contributed by atoms with van der Waals surface area (Å²) in [5.74, 6) is -2.94. The van der Waals surface area contributed by atoms with Crippen LogP contribution in [-0.4, -0.2) is 41.2 Å². The molecule has 2 N–H and O–H groups in total. The number of ketones is 2. The van der Waals surface area contributed by atoms with Crippen LogP contribution in [0.15, 0.2) is 60.7 Å². The van der Waals surface area contributed by atoms with Gasteiger partial charge in [0, 0.05) is 18.8 Å². The van der Waals surface area contributed by atoms with Crippen molar-refractivity contribution < 1.29 is 29.0 Å². The van der Waals surface area contributed by atoms with E-state index in [4.69, 9.17) is 4.74 Å². The third-order valence-corrected chi connectivity index (χ3v) is 6.17. The first kappa shape index (κ1) is 29.9. The molecule has 2 aromatic rings. The van der Waals surface area contributed by atoms with E-state index in [2.05, 4.69) is 5.32 Å². The van der Waals surface area contributed by atoms with Gasteiger partial charge >= 0.3 is 5.97 Å². The largest absolute Gasteiger partial charge is 0.461 e. The van der Waals surface area contributed by atoms with E-state index in [1.54, 1.807) is 0 Å². The molecule has 2 rings (SSSR count). The fourth-order valence-corrected chi connectivity index (χ4v) is 4.14. The molecule has 0 heterocycles. The molecule has 0 bridgehead atoms. The van der Waals surface area contributed by atoms with E-state index < -0.39 is 30.5 Å². The quantitative estimate of drug-likeness (QED) is 0.330. The van der Waals surface area contributed by atoms with E-state index in [1.165, 1.54) is 6.92 Å². The average Bonchev–Trinajstić information content (AvgIpc) is 2.88. The Morgan fingerprint density at radius 1 is 0.865 bits per heavy atom. The van der Waals surface area contributed by atoms with Crippen molar-refractivity contribution in [2.45, 2.75) is 65.5 Å². The van der Waals surface area contributed by atoms with Crippen LogP contribution < -0.4 is 5.32 Å². The van der Waals surface area contributed by atoms with Crippen LogP contribution in [0.1, 0.15) is 57.6 Å². The molecule has 200 valence electrons. The Morgan fingerprint density at radius 2 is 1.46 bits per heavy atom. The second-order valence-electron chi connectivity index (χ2n) is 9.96. The van der Waals surface area contributed by atoms with E-state index in [9.17, 15) is 24.3 Å². The second kappa shape index (κ2) is 15.7. The zero-order valence-electron chi connectivity index (χ0n) is 22.0. The molecular formula is C30H39NO6. The Morgan fingerprint density at radius 3 is 2.00 bits per heavy atom. The molecule has 0 saturated carbocycles. The second-order valence-corrected chi connectivity index (χ2v) is 9.96. The third kappa shape index (κ3) is 11.1. The lowest BCUT2D eigenvalue weighted by atomic mass is 9.91. The highest BCUT2D eigenvalue weighted by Gasteiger charge is 2.30. The lowest BCUT2D eigenvalue weighted by molar-refractivity contribution is -0.153. The number of nitrogens with one attached hydrogen (secondary N) is 1. The maximum Gasteiger partial charge on any atom is 0.312 e. The summed E-state index contributed by atoms with van der Waals surface area (Å²) in [6.07, 6.45) is 1.33. The SMILES string of the molecule is CC(=O)C[C@@H](CCc1ccccc1)C(=O)N[C@@H](CC(C)C)C(=O)C[C@@H](CO)C(=O)OCc1ccccc1. The molecule has 0 aromatic heterocycles. The number of amides is 1. The van der Waals surface area contributed by atoms with Crippen LogP contribution in [0, 0.1) is 17.8 Å². The van der Waals surface area contributed by atoms with E-state index in [1.807, 2.05) is 74.5 Å². The summed E-state index contributed by atoms with van der Waals surface area (Å²) in [5.41, 5.74) is 1.87. The summed E-state index contributed by atoms with van der Waals surface area (Å²) in [6.45, 7) is 4.84. The van der Waals surface area contributed by atoms with Crippen LogP contribution >= 0.6 is 0 Å². The Bertz CT molecular complexity index is 1010. The van der Waals surface area contributed by atoms with Crippen molar-refractivity contribution in [1.82, 2.24) is 5.32 Å². The molecule has 0 radical (unpaired) electrons. The molecule has 7 nitrogen and oxygen atoms in total. The third-order valence-electron chi connectivity index (χ3n) is 6.17. The predicted molar refractivity (Wildman–Crippen MR) is 141 cm³/mol. The van der Waals surface area contributed by atoms with Crippen LogP contribution in [0.5, 0.6) is 0 Å². The zero-order valence-corrected chi connectivity index (χ0v) is 22.0. The van der Waals surface area contributed by atoms with E-state index in [0.717, 1.165) is 11.1 Å². The molecule has 2 aromatic carbocycles. The van der Waals surface area contributed by atoms with Gasteiger partial charge < -0.3 is 20.0 Å². The van der Waals surface area contributed by atoms with Gasteiger partial charge in [0.1, 0.15) is 12.4 Å². The molecule has 0 unspecified atom stereocenters. The summed E-state index contributed by atoms with van der Waals surface area (Å²) in [5, 5.41) is 12.6. The first-order valence-corrected chi connectivity index (χ1v) is 12.9. The lowest BCUT2D eigenvalue weighted by Gasteiger charge is -2.24. The maximum absolute atomic E-state index is 13.2. The van der Waals surface area contributed by atoms with Crippen LogP contribution in [0.2, 0.25) is 0 Å². The van der Waals surface area contributed by atoms with Crippen LogP contribution in [0.3, 0.4) is 0 Å². The number of hydrogen-bond donors (Lipinski definition) is 2. The van der Waals surface area contributed by atoms with Gasteiger partial charge in [-0.25, -0.2) is 0 Å². The molecule has 3 atom stereocenters. The van der Waals surface area contributed by atoms with Gasteiger partial charge in [0.05, 0.1) is 18.6 Å². The molecule has 1 amide bonds. The molecule has 0 saturated heterocycles. The van der Waals surface area contributed by atoms with Gasteiger partial charge in [-0.2, -0.15) is 0 Å². The van der Waals surface area contributed by atoms with Gasteiger partial charge in [0.25, 0.3) is 0 Å². The minimum atomic E-state index is -1.02. The number of carbonyl (C=O) groups is 4. The fraction of sp³-hybridized carbons (Fsp3) is 0.467. The molecule has 0 aliphatic heterocycles. The fourth-order valence-electron chi connectivity index (χ4n) is 4.14. The molecule has 0 aliphatic rings. The summed E-state index contributed by atoms with van der Waals surface area (Å²) in [4.78, 5) is 50.8. The summed E-state index contributed by atoms with van der Waals surface area (Å²) in [7, 11) is 0. The molecule has 37 heavy (non-hydrogen) atoms. The minimum Gasteiger partial charge on any atom is -0.461 e. The molecular weight excluding hydrogens is 470 g/mol. The van der Waals surface area contributed by atoms with Gasteiger partial charge in [-0.15, -0.1) is 0 Å². The number of carbonyl (C=O) groups excluding carboxylic acids is 4. The molecule has 7 heteroatoms. The van der Waals surface area contributed by atoms with Crippen LogP contribution in [0.4, 0.5) is 0 Å². The average molecular weight is 510 g/mol. The molecule has 0 aliphatic carbocycles. The number of aryl methyl sites for hydroxylation is 1. The maximum atomic E-state index is 13.2. The number of benzene rings is 2. The summed E-state index contributed by atoms with van der Waals surface area (Å²) in [6, 6.07) is 18.0. The van der Waals surface area contributed by atoms with Gasteiger partial charge in [-0.05, 0) is 43.2 Å². The Hall–Kier alpha value is -3.32. The number of rotatable bonds is 16. The molecule has 0 fully saturated rings. The Kier molecular flexibility index (Phi) is 12.7. The highest BCUT2D eigenvalue weighted by molar-refractivity contribution is 5.93. The highest BCUT2D eigenvalue weighted by Crippen LogP contribution is 2.18. The Labute approximate surface area is 219 Å². The van der Waals surface area contributed by atoms with Crippen molar-refractivity contribution in [1.29, 1.82) is 0 Å². The topological polar surface area (TPSA) is 110 Å². The summed E-state index contributed by atoms with van der Waals surface area (Å²) < 4.78 is 5.30. The lowest BCUT2D eigenvalue weighted by Crippen LogP contribution is -2.46. The predicted octanol–water partition coefficient (Wildman–Crippen LogP) is 4.06. The molecule has 0 spiro atoms.